The molecule has 9 heteroatoms. The third kappa shape index (κ3) is 4.08. The predicted octanol–water partition coefficient (Wildman–Crippen LogP) is 2.46. The quantitative estimate of drug-likeness (QED) is 0.628. The number of amides is 3. The molecule has 1 saturated heterocycles. The fourth-order valence-corrected chi connectivity index (χ4v) is 3.90. The highest BCUT2D eigenvalue weighted by Gasteiger charge is 2.32. The van der Waals surface area contributed by atoms with E-state index in [1.54, 1.807) is 9.36 Å². The summed E-state index contributed by atoms with van der Waals surface area (Å²) in [6.07, 6.45) is 0.677. The molecule has 3 heterocycles. The van der Waals surface area contributed by atoms with E-state index >= 15 is 0 Å². The Hall–Kier alpha value is -3.49. The van der Waals surface area contributed by atoms with Gasteiger partial charge < -0.3 is 5.32 Å². The van der Waals surface area contributed by atoms with Gasteiger partial charge in [0.25, 0.3) is 0 Å². The van der Waals surface area contributed by atoms with Crippen LogP contribution >= 0.6 is 0 Å². The second kappa shape index (κ2) is 7.64. The Balaban J connectivity index is 1.62. The maximum Gasteiger partial charge on any atom is 0.247 e. The molecule has 1 unspecified atom stereocenters. The molecule has 0 aliphatic carbocycles. The normalized spacial score (nSPS) is 17.1. The van der Waals surface area contributed by atoms with Crippen LogP contribution in [-0.4, -0.2) is 37.3 Å². The molecule has 1 aromatic carbocycles. The first-order valence-corrected chi connectivity index (χ1v) is 10.3. The molecule has 3 aromatic rings. The summed E-state index contributed by atoms with van der Waals surface area (Å²) in [6.45, 7) is 7.92. The van der Waals surface area contributed by atoms with Gasteiger partial charge in [-0.2, -0.15) is 10.2 Å². The first kappa shape index (κ1) is 20.8. The molecule has 2 aromatic heterocycles. The van der Waals surface area contributed by atoms with Crippen molar-refractivity contribution in [3.8, 4) is 0 Å². The van der Waals surface area contributed by atoms with Crippen molar-refractivity contribution in [2.75, 3.05) is 5.32 Å². The van der Waals surface area contributed by atoms with E-state index in [2.05, 4.69) is 20.8 Å². The minimum atomic E-state index is -0.517. The number of nitrogens with zero attached hydrogens (tertiary/aromatic N) is 4. The number of aromatic nitrogens is 4. The fourth-order valence-electron chi connectivity index (χ4n) is 3.90. The topological polar surface area (TPSA) is 111 Å². The number of hydrogen-bond acceptors (Lipinski definition) is 5. The summed E-state index contributed by atoms with van der Waals surface area (Å²) in [5, 5.41) is 15.2. The zero-order valence-corrected chi connectivity index (χ0v) is 18.1. The van der Waals surface area contributed by atoms with Crippen molar-refractivity contribution < 1.29 is 14.4 Å². The zero-order chi connectivity index (χ0) is 22.3. The van der Waals surface area contributed by atoms with Crippen LogP contribution in [0.1, 0.15) is 50.9 Å². The first-order chi connectivity index (χ1) is 14.6. The molecule has 0 bridgehead atoms. The van der Waals surface area contributed by atoms with Gasteiger partial charge in [0.1, 0.15) is 12.4 Å². The average Bonchev–Trinajstić information content (AvgIpc) is 3.22. The van der Waals surface area contributed by atoms with Crippen molar-refractivity contribution >= 4 is 34.4 Å². The second-order valence-electron chi connectivity index (χ2n) is 8.87. The van der Waals surface area contributed by atoms with E-state index in [0.717, 1.165) is 16.6 Å². The molecule has 1 aliphatic rings. The minimum Gasteiger partial charge on any atom is -0.309 e. The maximum atomic E-state index is 12.9. The predicted molar refractivity (Wildman–Crippen MR) is 115 cm³/mol. The Morgan fingerprint density at radius 1 is 1.23 bits per heavy atom. The van der Waals surface area contributed by atoms with Crippen molar-refractivity contribution in [3.05, 3.63) is 41.7 Å². The fraction of sp³-hybridized carbons (Fsp3) is 0.409. The SMILES string of the molecule is Cc1cc(NC(=O)Cn2nc(C3CCC(=O)NC3=O)c3ccccc32)n(C(C)(C)C)n1. The molecule has 1 aliphatic heterocycles. The lowest BCUT2D eigenvalue weighted by Gasteiger charge is -2.22. The molecule has 31 heavy (non-hydrogen) atoms. The summed E-state index contributed by atoms with van der Waals surface area (Å²) in [4.78, 5) is 36.8. The van der Waals surface area contributed by atoms with Gasteiger partial charge in [-0.3, -0.25) is 24.4 Å². The lowest BCUT2D eigenvalue weighted by molar-refractivity contribution is -0.134. The van der Waals surface area contributed by atoms with Crippen molar-refractivity contribution in [1.29, 1.82) is 0 Å². The van der Waals surface area contributed by atoms with E-state index in [4.69, 9.17) is 0 Å². The van der Waals surface area contributed by atoms with E-state index in [-0.39, 0.29) is 36.2 Å². The van der Waals surface area contributed by atoms with Crippen LogP contribution in [0.3, 0.4) is 0 Å². The first-order valence-electron chi connectivity index (χ1n) is 10.3. The number of para-hydroxylation sites is 1. The monoisotopic (exact) mass is 422 g/mol. The third-order valence-corrected chi connectivity index (χ3v) is 5.28. The van der Waals surface area contributed by atoms with E-state index in [1.165, 1.54) is 0 Å². The highest BCUT2D eigenvalue weighted by atomic mass is 16.2. The number of anilines is 1. The molecular formula is C22H26N6O3. The number of hydrogen-bond donors (Lipinski definition) is 2. The van der Waals surface area contributed by atoms with Gasteiger partial charge in [0.2, 0.25) is 17.7 Å². The number of benzene rings is 1. The largest absolute Gasteiger partial charge is 0.309 e. The van der Waals surface area contributed by atoms with Gasteiger partial charge in [-0.15, -0.1) is 0 Å². The number of piperidine rings is 1. The maximum absolute atomic E-state index is 12.9. The summed E-state index contributed by atoms with van der Waals surface area (Å²) in [6, 6.07) is 9.32. The van der Waals surface area contributed by atoms with Gasteiger partial charge in [-0.05, 0) is 40.2 Å². The van der Waals surface area contributed by atoms with Gasteiger partial charge in [0.15, 0.2) is 0 Å². The third-order valence-electron chi connectivity index (χ3n) is 5.28. The summed E-state index contributed by atoms with van der Waals surface area (Å²) >= 11 is 0. The molecular weight excluding hydrogens is 396 g/mol. The van der Waals surface area contributed by atoms with Crippen LogP contribution in [-0.2, 0) is 26.5 Å². The van der Waals surface area contributed by atoms with Crippen molar-refractivity contribution in [2.45, 2.75) is 58.5 Å². The average molecular weight is 422 g/mol. The van der Waals surface area contributed by atoms with Crippen molar-refractivity contribution in [2.24, 2.45) is 0 Å². The smallest absolute Gasteiger partial charge is 0.247 e. The molecule has 9 nitrogen and oxygen atoms in total. The summed E-state index contributed by atoms with van der Waals surface area (Å²) in [5.74, 6) is -0.752. The van der Waals surface area contributed by atoms with Crippen LogP contribution in [0.2, 0.25) is 0 Å². The molecule has 3 amide bonds. The lowest BCUT2D eigenvalue weighted by atomic mass is 9.93. The molecule has 0 saturated carbocycles. The highest BCUT2D eigenvalue weighted by molar-refractivity contribution is 6.02. The minimum absolute atomic E-state index is 0.0118. The van der Waals surface area contributed by atoms with Crippen LogP contribution in [0, 0.1) is 6.92 Å². The summed E-state index contributed by atoms with van der Waals surface area (Å²) in [7, 11) is 0. The molecule has 2 N–H and O–H groups in total. The lowest BCUT2D eigenvalue weighted by Crippen LogP contribution is -2.39. The Kier molecular flexibility index (Phi) is 5.12. The van der Waals surface area contributed by atoms with E-state index in [1.807, 2.05) is 58.0 Å². The molecule has 4 rings (SSSR count). The van der Waals surface area contributed by atoms with Crippen LogP contribution in [0.15, 0.2) is 30.3 Å². The van der Waals surface area contributed by atoms with Gasteiger partial charge in [0, 0.05) is 17.9 Å². The van der Waals surface area contributed by atoms with Crippen molar-refractivity contribution in [3.63, 3.8) is 0 Å². The van der Waals surface area contributed by atoms with Crippen molar-refractivity contribution in [1.82, 2.24) is 24.9 Å². The Morgan fingerprint density at radius 2 is 1.97 bits per heavy atom. The molecule has 0 spiro atoms. The van der Waals surface area contributed by atoms with Gasteiger partial charge in [-0.25, -0.2) is 4.68 Å². The number of carbonyl (C=O) groups excluding carboxylic acids is 3. The van der Waals surface area contributed by atoms with Crippen LogP contribution in [0.25, 0.3) is 10.9 Å². The molecule has 0 radical (unpaired) electrons. The van der Waals surface area contributed by atoms with E-state index in [9.17, 15) is 14.4 Å². The van der Waals surface area contributed by atoms with Crippen LogP contribution in [0.5, 0.6) is 0 Å². The summed E-state index contributed by atoms with van der Waals surface area (Å²) < 4.78 is 3.39. The Morgan fingerprint density at radius 3 is 2.68 bits per heavy atom. The van der Waals surface area contributed by atoms with Gasteiger partial charge in [0.05, 0.1) is 28.4 Å². The number of aryl methyl sites for hydroxylation is 1. The van der Waals surface area contributed by atoms with E-state index in [0.29, 0.717) is 17.9 Å². The Labute approximate surface area is 179 Å². The van der Waals surface area contributed by atoms with Gasteiger partial charge in [-0.1, -0.05) is 18.2 Å². The number of imide groups is 1. The number of carbonyl (C=O) groups is 3. The van der Waals surface area contributed by atoms with Crippen LogP contribution < -0.4 is 10.6 Å². The number of nitrogens with one attached hydrogen (secondary N) is 2. The summed E-state index contributed by atoms with van der Waals surface area (Å²) in [5.41, 5.74) is 1.88. The van der Waals surface area contributed by atoms with E-state index < -0.39 is 5.92 Å². The zero-order valence-electron chi connectivity index (χ0n) is 18.1. The van der Waals surface area contributed by atoms with Crippen LogP contribution in [0.4, 0.5) is 5.82 Å². The highest BCUT2D eigenvalue weighted by Crippen LogP contribution is 2.30. The second-order valence-corrected chi connectivity index (χ2v) is 8.87. The standard InChI is InChI=1S/C22H26N6O3/c1-13-11-17(28(25-13)22(2,3)4)23-19(30)12-27-16-8-6-5-7-14(16)20(26-27)15-9-10-18(29)24-21(15)31/h5-8,11,15H,9-10,12H2,1-4H3,(H,23,30)(H,24,29,31). The Bertz CT molecular complexity index is 1180. The molecule has 1 atom stereocenters. The number of fused-ring (bicyclic) bond motifs is 1. The molecule has 162 valence electrons. The number of rotatable bonds is 4. The van der Waals surface area contributed by atoms with Gasteiger partial charge >= 0.3 is 0 Å². The molecule has 1 fully saturated rings.